The molecule has 0 aliphatic heterocycles. The SMILES string of the molecule is O=Cc1cnc(CSc2ccccc2Cl)[nH]1. The quantitative estimate of drug-likeness (QED) is 0.672. The smallest absolute Gasteiger partial charge is 0.167 e. The molecule has 2 aromatic rings. The molecule has 0 atom stereocenters. The number of carbonyl (C=O) groups excluding carboxylic acids is 1. The molecule has 0 saturated carbocycles. The van der Waals surface area contributed by atoms with Crippen molar-refractivity contribution in [2.24, 2.45) is 0 Å². The molecule has 0 aliphatic rings. The Balaban J connectivity index is 2.02. The lowest BCUT2D eigenvalue weighted by molar-refractivity contribution is 0.111. The van der Waals surface area contributed by atoms with E-state index in [1.165, 1.54) is 6.20 Å². The van der Waals surface area contributed by atoms with Crippen LogP contribution in [0.1, 0.15) is 16.3 Å². The van der Waals surface area contributed by atoms with Gasteiger partial charge in [-0.1, -0.05) is 23.7 Å². The molecule has 1 aromatic heterocycles. The van der Waals surface area contributed by atoms with E-state index >= 15 is 0 Å². The Labute approximate surface area is 102 Å². The Kier molecular flexibility index (Phi) is 3.64. The number of aromatic amines is 1. The summed E-state index contributed by atoms with van der Waals surface area (Å²) < 4.78 is 0. The van der Waals surface area contributed by atoms with E-state index in [-0.39, 0.29) is 0 Å². The number of carbonyl (C=O) groups is 1. The summed E-state index contributed by atoms with van der Waals surface area (Å²) in [6.45, 7) is 0. The third-order valence-corrected chi connectivity index (χ3v) is 3.50. The molecular formula is C11H9ClN2OS. The van der Waals surface area contributed by atoms with Crippen LogP contribution < -0.4 is 0 Å². The minimum Gasteiger partial charge on any atom is -0.339 e. The normalized spacial score (nSPS) is 10.3. The molecular weight excluding hydrogens is 244 g/mol. The standard InChI is InChI=1S/C11H9ClN2OS/c12-9-3-1-2-4-10(9)16-7-11-13-5-8(6-15)14-11/h1-6H,7H2,(H,13,14). The molecule has 1 aromatic carbocycles. The average molecular weight is 253 g/mol. The predicted molar refractivity (Wildman–Crippen MR) is 65.0 cm³/mol. The van der Waals surface area contributed by atoms with Crippen LogP contribution in [0.3, 0.4) is 0 Å². The van der Waals surface area contributed by atoms with Gasteiger partial charge in [0.15, 0.2) is 6.29 Å². The lowest BCUT2D eigenvalue weighted by Crippen LogP contribution is -1.85. The predicted octanol–water partition coefficient (Wildman–Crippen LogP) is 3.17. The second kappa shape index (κ2) is 5.18. The van der Waals surface area contributed by atoms with Crippen molar-refractivity contribution in [3.8, 4) is 0 Å². The van der Waals surface area contributed by atoms with Crippen molar-refractivity contribution >= 4 is 29.6 Å². The fourth-order valence-electron chi connectivity index (χ4n) is 1.22. The summed E-state index contributed by atoms with van der Waals surface area (Å²) in [5.74, 6) is 1.43. The van der Waals surface area contributed by atoms with Crippen LogP contribution in [0.15, 0.2) is 35.4 Å². The van der Waals surface area contributed by atoms with Gasteiger partial charge < -0.3 is 4.98 Å². The van der Waals surface area contributed by atoms with Gasteiger partial charge in [0, 0.05) is 4.90 Å². The minimum atomic E-state index is 0.495. The van der Waals surface area contributed by atoms with Crippen molar-refractivity contribution in [3.05, 3.63) is 47.0 Å². The van der Waals surface area contributed by atoms with Crippen LogP contribution in [0.2, 0.25) is 5.02 Å². The number of aromatic nitrogens is 2. The zero-order valence-electron chi connectivity index (χ0n) is 8.31. The number of hydrogen-bond acceptors (Lipinski definition) is 3. The lowest BCUT2D eigenvalue weighted by atomic mass is 10.4. The summed E-state index contributed by atoms with van der Waals surface area (Å²) in [5, 5.41) is 0.731. The van der Waals surface area contributed by atoms with Gasteiger partial charge in [-0.15, -0.1) is 11.8 Å². The maximum absolute atomic E-state index is 10.4. The molecule has 2 rings (SSSR count). The van der Waals surface area contributed by atoms with E-state index in [0.29, 0.717) is 11.4 Å². The number of H-pyrrole nitrogens is 1. The van der Waals surface area contributed by atoms with Gasteiger partial charge in [0.25, 0.3) is 0 Å². The van der Waals surface area contributed by atoms with Crippen LogP contribution in [0.4, 0.5) is 0 Å². The van der Waals surface area contributed by atoms with Crippen LogP contribution in [-0.4, -0.2) is 16.3 Å². The number of nitrogens with one attached hydrogen (secondary N) is 1. The number of hydrogen-bond donors (Lipinski definition) is 1. The highest BCUT2D eigenvalue weighted by atomic mass is 35.5. The largest absolute Gasteiger partial charge is 0.339 e. The van der Waals surface area contributed by atoms with E-state index in [2.05, 4.69) is 9.97 Å². The molecule has 0 bridgehead atoms. The van der Waals surface area contributed by atoms with Gasteiger partial charge in [-0.3, -0.25) is 4.79 Å². The maximum Gasteiger partial charge on any atom is 0.167 e. The third kappa shape index (κ3) is 2.65. The zero-order chi connectivity index (χ0) is 11.4. The summed E-state index contributed by atoms with van der Waals surface area (Å²) in [6, 6.07) is 7.64. The van der Waals surface area contributed by atoms with E-state index in [9.17, 15) is 4.79 Å². The number of benzene rings is 1. The molecule has 0 radical (unpaired) electrons. The van der Waals surface area contributed by atoms with Gasteiger partial charge in [0.1, 0.15) is 5.82 Å². The molecule has 0 fully saturated rings. The number of thioether (sulfide) groups is 1. The van der Waals surface area contributed by atoms with Crippen molar-refractivity contribution in [1.82, 2.24) is 9.97 Å². The van der Waals surface area contributed by atoms with Crippen molar-refractivity contribution in [3.63, 3.8) is 0 Å². The van der Waals surface area contributed by atoms with E-state index in [1.807, 2.05) is 24.3 Å². The molecule has 0 spiro atoms. The number of nitrogens with zero attached hydrogens (tertiary/aromatic N) is 1. The zero-order valence-corrected chi connectivity index (χ0v) is 9.89. The van der Waals surface area contributed by atoms with Gasteiger partial charge in [-0.2, -0.15) is 0 Å². The summed E-state index contributed by atoms with van der Waals surface area (Å²) in [5.41, 5.74) is 0.495. The minimum absolute atomic E-state index is 0.495. The molecule has 1 N–H and O–H groups in total. The summed E-state index contributed by atoms with van der Waals surface area (Å²) in [7, 11) is 0. The summed E-state index contributed by atoms with van der Waals surface area (Å²) >= 11 is 7.60. The first kappa shape index (κ1) is 11.2. The Morgan fingerprint density at radius 3 is 2.94 bits per heavy atom. The van der Waals surface area contributed by atoms with Crippen LogP contribution in [0.5, 0.6) is 0 Å². The van der Waals surface area contributed by atoms with E-state index < -0.39 is 0 Å². The monoisotopic (exact) mass is 252 g/mol. The van der Waals surface area contributed by atoms with Gasteiger partial charge in [0.05, 0.1) is 22.7 Å². The van der Waals surface area contributed by atoms with Crippen LogP contribution in [0, 0.1) is 0 Å². The lowest BCUT2D eigenvalue weighted by Gasteiger charge is -2.01. The Hall–Kier alpha value is -1.26. The molecule has 1 heterocycles. The van der Waals surface area contributed by atoms with E-state index in [1.54, 1.807) is 11.8 Å². The second-order valence-electron chi connectivity index (χ2n) is 3.12. The highest BCUT2D eigenvalue weighted by Gasteiger charge is 2.03. The number of halogens is 1. The first-order chi connectivity index (χ1) is 7.79. The highest BCUT2D eigenvalue weighted by Crippen LogP contribution is 2.28. The molecule has 3 nitrogen and oxygen atoms in total. The fraction of sp³-hybridized carbons (Fsp3) is 0.0909. The van der Waals surface area contributed by atoms with Crippen molar-refractivity contribution in [1.29, 1.82) is 0 Å². The van der Waals surface area contributed by atoms with Gasteiger partial charge in [-0.05, 0) is 12.1 Å². The van der Waals surface area contributed by atoms with Crippen molar-refractivity contribution in [2.75, 3.05) is 0 Å². The highest BCUT2D eigenvalue weighted by molar-refractivity contribution is 7.98. The number of aldehydes is 1. The van der Waals surface area contributed by atoms with Gasteiger partial charge in [-0.25, -0.2) is 4.98 Å². The molecule has 0 unspecified atom stereocenters. The summed E-state index contributed by atoms with van der Waals surface area (Å²) in [4.78, 5) is 18.4. The van der Waals surface area contributed by atoms with Crippen LogP contribution in [0.25, 0.3) is 0 Å². The van der Waals surface area contributed by atoms with Gasteiger partial charge in [0.2, 0.25) is 0 Å². The topological polar surface area (TPSA) is 45.8 Å². The molecule has 0 aliphatic carbocycles. The third-order valence-electron chi connectivity index (χ3n) is 1.98. The van der Waals surface area contributed by atoms with E-state index in [0.717, 1.165) is 22.0 Å². The average Bonchev–Trinajstić information content (AvgIpc) is 2.76. The number of rotatable bonds is 4. The van der Waals surface area contributed by atoms with Crippen LogP contribution >= 0.6 is 23.4 Å². The van der Waals surface area contributed by atoms with Crippen molar-refractivity contribution in [2.45, 2.75) is 10.6 Å². The molecule has 5 heteroatoms. The fourth-order valence-corrected chi connectivity index (χ4v) is 2.34. The Morgan fingerprint density at radius 1 is 1.44 bits per heavy atom. The van der Waals surface area contributed by atoms with Crippen LogP contribution in [-0.2, 0) is 5.75 Å². The summed E-state index contributed by atoms with van der Waals surface area (Å²) in [6.07, 6.45) is 2.27. The molecule has 0 amide bonds. The first-order valence-electron chi connectivity index (χ1n) is 4.66. The first-order valence-corrected chi connectivity index (χ1v) is 6.02. The molecule has 0 saturated heterocycles. The number of imidazole rings is 1. The molecule has 16 heavy (non-hydrogen) atoms. The molecule has 82 valence electrons. The maximum atomic E-state index is 10.4. The van der Waals surface area contributed by atoms with Crippen molar-refractivity contribution < 1.29 is 4.79 Å². The van der Waals surface area contributed by atoms with Gasteiger partial charge >= 0.3 is 0 Å². The van der Waals surface area contributed by atoms with E-state index in [4.69, 9.17) is 11.6 Å². The Morgan fingerprint density at radius 2 is 2.25 bits per heavy atom. The second-order valence-corrected chi connectivity index (χ2v) is 4.55. The Bertz CT molecular complexity index is 498.